The van der Waals surface area contributed by atoms with E-state index in [-0.39, 0.29) is 5.91 Å². The summed E-state index contributed by atoms with van der Waals surface area (Å²) in [6.07, 6.45) is 2.07. The number of unbranched alkanes of at least 4 members (excludes halogenated alkanes) is 1. The Morgan fingerprint density at radius 2 is 2.11 bits per heavy atom. The lowest BCUT2D eigenvalue weighted by molar-refractivity contribution is 0.0952. The number of nitrogens with zero attached hydrogens (tertiary/aromatic N) is 1. The Bertz CT molecular complexity index is 410. The van der Waals surface area contributed by atoms with Gasteiger partial charge in [0.05, 0.1) is 5.02 Å². The second-order valence-electron chi connectivity index (χ2n) is 4.40. The zero-order valence-corrected chi connectivity index (χ0v) is 13.0. The van der Waals surface area contributed by atoms with E-state index in [0.29, 0.717) is 17.1 Å². The number of nitrogens with one attached hydrogen (secondary N) is 1. The third-order valence-electron chi connectivity index (χ3n) is 2.50. The summed E-state index contributed by atoms with van der Waals surface area (Å²) in [5.41, 5.74) is 0.624. The van der Waals surface area contributed by atoms with E-state index >= 15 is 0 Å². The molecule has 0 aromatic heterocycles. The lowest BCUT2D eigenvalue weighted by atomic mass is 10.2. The first-order valence-electron chi connectivity index (χ1n) is 5.88. The predicted molar refractivity (Wildman–Crippen MR) is 79.3 cm³/mol. The molecule has 1 N–H and O–H groups in total. The molecule has 0 aliphatic heterocycles. The Kier molecular flexibility index (Phi) is 6.68. The van der Waals surface area contributed by atoms with Crippen LogP contribution in [0.5, 0.6) is 0 Å². The van der Waals surface area contributed by atoms with Gasteiger partial charge in [-0.1, -0.05) is 11.6 Å². The fourth-order valence-corrected chi connectivity index (χ4v) is 1.99. The maximum atomic E-state index is 11.8. The summed E-state index contributed by atoms with van der Waals surface area (Å²) >= 11 is 9.18. The Morgan fingerprint density at radius 1 is 1.39 bits per heavy atom. The van der Waals surface area contributed by atoms with Crippen molar-refractivity contribution in [1.82, 2.24) is 10.2 Å². The van der Waals surface area contributed by atoms with Gasteiger partial charge in [0, 0.05) is 16.6 Å². The van der Waals surface area contributed by atoms with Crippen LogP contribution in [0.3, 0.4) is 0 Å². The summed E-state index contributed by atoms with van der Waals surface area (Å²) in [7, 11) is 4.09. The Balaban J connectivity index is 2.34. The second-order valence-corrected chi connectivity index (χ2v) is 5.66. The zero-order chi connectivity index (χ0) is 13.5. The maximum absolute atomic E-state index is 11.8. The van der Waals surface area contributed by atoms with E-state index in [1.165, 1.54) is 0 Å². The van der Waals surface area contributed by atoms with Crippen LogP contribution in [0.1, 0.15) is 23.2 Å². The van der Waals surface area contributed by atoms with Crippen LogP contribution >= 0.6 is 27.5 Å². The summed E-state index contributed by atoms with van der Waals surface area (Å²) in [6.45, 7) is 1.75. The SMILES string of the molecule is CN(C)CCCCNC(=O)c1ccc(Cl)c(Br)c1. The van der Waals surface area contributed by atoms with Gasteiger partial charge < -0.3 is 10.2 Å². The van der Waals surface area contributed by atoms with Crippen LogP contribution in [-0.2, 0) is 0 Å². The second kappa shape index (κ2) is 7.77. The van der Waals surface area contributed by atoms with Crippen molar-refractivity contribution in [3.8, 4) is 0 Å². The highest BCUT2D eigenvalue weighted by Crippen LogP contribution is 2.23. The molecule has 0 aliphatic carbocycles. The molecule has 100 valence electrons. The topological polar surface area (TPSA) is 32.3 Å². The number of carbonyl (C=O) groups excluding carboxylic acids is 1. The first kappa shape index (κ1) is 15.5. The van der Waals surface area contributed by atoms with Gasteiger partial charge in [0.15, 0.2) is 0 Å². The van der Waals surface area contributed by atoms with Crippen LogP contribution in [-0.4, -0.2) is 38.0 Å². The lowest BCUT2D eigenvalue weighted by Crippen LogP contribution is -2.25. The Labute approximate surface area is 122 Å². The molecular weight excluding hydrogens is 316 g/mol. The van der Waals surface area contributed by atoms with Gasteiger partial charge in [-0.25, -0.2) is 0 Å². The van der Waals surface area contributed by atoms with Gasteiger partial charge in [0.2, 0.25) is 0 Å². The molecule has 3 nitrogen and oxygen atoms in total. The van der Waals surface area contributed by atoms with E-state index in [1.54, 1.807) is 18.2 Å². The summed E-state index contributed by atoms with van der Waals surface area (Å²) in [6, 6.07) is 5.17. The summed E-state index contributed by atoms with van der Waals surface area (Å²) in [5.74, 6) is -0.0581. The van der Waals surface area contributed by atoms with Gasteiger partial charge >= 0.3 is 0 Å². The van der Waals surface area contributed by atoms with E-state index in [1.807, 2.05) is 14.1 Å². The van der Waals surface area contributed by atoms with Gasteiger partial charge in [-0.15, -0.1) is 0 Å². The molecule has 0 spiro atoms. The number of benzene rings is 1. The Hall–Kier alpha value is -0.580. The molecule has 1 amide bonds. The highest BCUT2D eigenvalue weighted by molar-refractivity contribution is 9.10. The van der Waals surface area contributed by atoms with Crippen molar-refractivity contribution in [3.05, 3.63) is 33.3 Å². The molecule has 0 saturated carbocycles. The normalized spacial score (nSPS) is 10.7. The molecule has 0 saturated heterocycles. The van der Waals surface area contributed by atoms with Gasteiger partial charge in [0.1, 0.15) is 0 Å². The molecule has 18 heavy (non-hydrogen) atoms. The largest absolute Gasteiger partial charge is 0.352 e. The molecule has 0 radical (unpaired) electrons. The van der Waals surface area contributed by atoms with Crippen molar-refractivity contribution in [1.29, 1.82) is 0 Å². The third kappa shape index (κ3) is 5.38. The smallest absolute Gasteiger partial charge is 0.251 e. The van der Waals surface area contributed by atoms with Crippen LogP contribution in [0.25, 0.3) is 0 Å². The molecular formula is C13H18BrClN2O. The number of amides is 1. The highest BCUT2D eigenvalue weighted by atomic mass is 79.9. The van der Waals surface area contributed by atoms with Crippen molar-refractivity contribution in [2.75, 3.05) is 27.2 Å². The van der Waals surface area contributed by atoms with Crippen molar-refractivity contribution >= 4 is 33.4 Å². The monoisotopic (exact) mass is 332 g/mol. The fourth-order valence-electron chi connectivity index (χ4n) is 1.49. The summed E-state index contributed by atoms with van der Waals surface area (Å²) < 4.78 is 0.740. The molecule has 0 aliphatic rings. The van der Waals surface area contributed by atoms with Gasteiger partial charge in [-0.2, -0.15) is 0 Å². The van der Waals surface area contributed by atoms with Gasteiger partial charge in [-0.3, -0.25) is 4.79 Å². The van der Waals surface area contributed by atoms with Crippen LogP contribution in [0, 0.1) is 0 Å². The highest BCUT2D eigenvalue weighted by Gasteiger charge is 2.06. The van der Waals surface area contributed by atoms with Crippen molar-refractivity contribution < 1.29 is 4.79 Å². The molecule has 0 bridgehead atoms. The first-order chi connectivity index (χ1) is 8.50. The number of carbonyl (C=O) groups is 1. The average molecular weight is 334 g/mol. The molecule has 0 unspecified atom stereocenters. The number of hydrogen-bond donors (Lipinski definition) is 1. The van der Waals surface area contributed by atoms with Gasteiger partial charge in [-0.05, 0) is 67.6 Å². The molecule has 1 aromatic rings. The van der Waals surface area contributed by atoms with E-state index in [2.05, 4.69) is 26.1 Å². The minimum absolute atomic E-state index is 0.0581. The molecule has 5 heteroatoms. The van der Waals surface area contributed by atoms with E-state index in [0.717, 1.165) is 23.9 Å². The minimum atomic E-state index is -0.0581. The quantitative estimate of drug-likeness (QED) is 0.811. The van der Waals surface area contributed by atoms with Crippen LogP contribution in [0.15, 0.2) is 22.7 Å². The number of halogens is 2. The minimum Gasteiger partial charge on any atom is -0.352 e. The molecule has 1 aromatic carbocycles. The Morgan fingerprint density at radius 3 is 2.72 bits per heavy atom. The number of hydrogen-bond acceptors (Lipinski definition) is 2. The molecule has 0 fully saturated rings. The summed E-state index contributed by atoms with van der Waals surface area (Å²) in [4.78, 5) is 14.0. The third-order valence-corrected chi connectivity index (χ3v) is 3.71. The average Bonchev–Trinajstić information content (AvgIpc) is 2.31. The maximum Gasteiger partial charge on any atom is 0.251 e. The fraction of sp³-hybridized carbons (Fsp3) is 0.462. The zero-order valence-electron chi connectivity index (χ0n) is 10.7. The molecule has 1 rings (SSSR count). The van der Waals surface area contributed by atoms with Crippen molar-refractivity contribution in [3.63, 3.8) is 0 Å². The predicted octanol–water partition coefficient (Wildman–Crippen LogP) is 3.17. The van der Waals surface area contributed by atoms with Gasteiger partial charge in [0.25, 0.3) is 5.91 Å². The lowest BCUT2D eigenvalue weighted by Gasteiger charge is -2.09. The van der Waals surface area contributed by atoms with Crippen molar-refractivity contribution in [2.24, 2.45) is 0 Å². The van der Waals surface area contributed by atoms with Crippen molar-refractivity contribution in [2.45, 2.75) is 12.8 Å². The van der Waals surface area contributed by atoms with E-state index < -0.39 is 0 Å². The van der Waals surface area contributed by atoms with Crippen LogP contribution in [0.4, 0.5) is 0 Å². The van der Waals surface area contributed by atoms with Crippen LogP contribution in [0.2, 0.25) is 5.02 Å². The van der Waals surface area contributed by atoms with E-state index in [4.69, 9.17) is 11.6 Å². The number of rotatable bonds is 6. The molecule has 0 atom stereocenters. The first-order valence-corrected chi connectivity index (χ1v) is 7.06. The standard InChI is InChI=1S/C13H18BrClN2O/c1-17(2)8-4-3-7-16-13(18)10-5-6-12(15)11(14)9-10/h5-6,9H,3-4,7-8H2,1-2H3,(H,16,18). The van der Waals surface area contributed by atoms with E-state index in [9.17, 15) is 4.79 Å². The van der Waals surface area contributed by atoms with Crippen LogP contribution < -0.4 is 5.32 Å². The summed E-state index contributed by atoms with van der Waals surface area (Å²) in [5, 5.41) is 3.51. The molecule has 0 heterocycles.